The summed E-state index contributed by atoms with van der Waals surface area (Å²) >= 11 is 0. The molecule has 21 heavy (non-hydrogen) atoms. The molecule has 1 aromatic rings. The lowest BCUT2D eigenvalue weighted by Crippen LogP contribution is -2.52. The highest BCUT2D eigenvalue weighted by Crippen LogP contribution is 2.35. The fourth-order valence-electron chi connectivity index (χ4n) is 3.67. The zero-order valence-electron chi connectivity index (χ0n) is 12.9. The molecule has 0 spiro atoms. The monoisotopic (exact) mass is 291 g/mol. The first-order valence-electron chi connectivity index (χ1n) is 7.90. The molecule has 2 bridgehead atoms. The average molecular weight is 291 g/mol. The number of nitrogen functional groups attached to an aromatic ring is 1. The Morgan fingerprint density at radius 1 is 1.33 bits per heavy atom. The topological polar surface area (TPSA) is 76.3 Å². The third-order valence-corrected chi connectivity index (χ3v) is 4.81. The molecule has 2 aliphatic heterocycles. The number of rotatable bonds is 4. The molecule has 116 valence electrons. The van der Waals surface area contributed by atoms with E-state index in [0.717, 1.165) is 12.8 Å². The van der Waals surface area contributed by atoms with Crippen molar-refractivity contribution in [2.45, 2.75) is 57.2 Å². The number of nitrogens with one attached hydrogen (secondary N) is 1. The van der Waals surface area contributed by atoms with Crippen LogP contribution in [0.5, 0.6) is 5.88 Å². The first kappa shape index (κ1) is 14.4. The largest absolute Gasteiger partial charge is 0.476 e. The maximum absolute atomic E-state index is 6.11. The Morgan fingerprint density at radius 3 is 2.71 bits per heavy atom. The van der Waals surface area contributed by atoms with Gasteiger partial charge in [-0.3, -0.25) is 0 Å². The SMILES string of the molecule is CCOc1ncnc(NC2CC3CCCC(C2)N3C)c1N. The van der Waals surface area contributed by atoms with Crippen molar-refractivity contribution in [2.24, 2.45) is 0 Å². The predicted octanol–water partition coefficient (Wildman–Crippen LogP) is 1.88. The molecule has 2 saturated heterocycles. The second kappa shape index (κ2) is 6.05. The second-order valence-electron chi connectivity index (χ2n) is 6.09. The number of nitrogens with zero attached hydrogens (tertiary/aromatic N) is 3. The molecule has 0 aliphatic carbocycles. The van der Waals surface area contributed by atoms with Crippen LogP contribution in [-0.4, -0.2) is 46.6 Å². The van der Waals surface area contributed by atoms with E-state index in [1.165, 1.54) is 25.6 Å². The lowest BCUT2D eigenvalue weighted by Gasteiger charge is -2.47. The molecule has 6 heteroatoms. The van der Waals surface area contributed by atoms with Gasteiger partial charge in [0.2, 0.25) is 5.88 Å². The smallest absolute Gasteiger partial charge is 0.242 e. The zero-order valence-corrected chi connectivity index (χ0v) is 12.9. The van der Waals surface area contributed by atoms with Crippen LogP contribution < -0.4 is 15.8 Å². The van der Waals surface area contributed by atoms with Crippen LogP contribution in [0.3, 0.4) is 0 Å². The Bertz CT molecular complexity index is 481. The molecular weight excluding hydrogens is 266 g/mol. The number of piperidine rings is 2. The molecule has 2 atom stereocenters. The lowest BCUT2D eigenvalue weighted by atomic mass is 9.82. The van der Waals surface area contributed by atoms with Gasteiger partial charge in [-0.2, -0.15) is 4.98 Å². The van der Waals surface area contributed by atoms with E-state index < -0.39 is 0 Å². The van der Waals surface area contributed by atoms with Gasteiger partial charge in [-0.25, -0.2) is 4.98 Å². The third kappa shape index (κ3) is 2.90. The minimum atomic E-state index is 0.433. The molecule has 2 unspecified atom stereocenters. The number of hydrogen-bond acceptors (Lipinski definition) is 6. The van der Waals surface area contributed by atoms with E-state index in [2.05, 4.69) is 27.2 Å². The van der Waals surface area contributed by atoms with Crippen molar-refractivity contribution in [3.05, 3.63) is 6.33 Å². The highest BCUT2D eigenvalue weighted by Gasteiger charge is 2.36. The van der Waals surface area contributed by atoms with Crippen molar-refractivity contribution in [3.8, 4) is 5.88 Å². The Kier molecular flexibility index (Phi) is 4.14. The lowest BCUT2D eigenvalue weighted by molar-refractivity contribution is 0.0608. The summed E-state index contributed by atoms with van der Waals surface area (Å²) in [5.74, 6) is 1.18. The van der Waals surface area contributed by atoms with Crippen LogP contribution in [0.2, 0.25) is 0 Å². The average Bonchev–Trinajstić information content (AvgIpc) is 2.44. The van der Waals surface area contributed by atoms with E-state index in [1.807, 2.05) is 6.92 Å². The van der Waals surface area contributed by atoms with E-state index in [1.54, 1.807) is 0 Å². The Balaban J connectivity index is 1.71. The van der Waals surface area contributed by atoms with Gasteiger partial charge in [0.05, 0.1) is 6.61 Å². The van der Waals surface area contributed by atoms with Gasteiger partial charge in [-0.15, -0.1) is 0 Å². The van der Waals surface area contributed by atoms with Gasteiger partial charge in [0.15, 0.2) is 5.82 Å². The molecule has 6 nitrogen and oxygen atoms in total. The number of nitrogens with two attached hydrogens (primary N) is 1. The maximum atomic E-state index is 6.11. The maximum Gasteiger partial charge on any atom is 0.242 e. The van der Waals surface area contributed by atoms with E-state index in [0.29, 0.717) is 42.1 Å². The first-order chi connectivity index (χ1) is 10.2. The molecule has 3 rings (SSSR count). The second-order valence-corrected chi connectivity index (χ2v) is 6.09. The van der Waals surface area contributed by atoms with Crippen molar-refractivity contribution in [1.82, 2.24) is 14.9 Å². The van der Waals surface area contributed by atoms with Gasteiger partial charge < -0.3 is 20.7 Å². The van der Waals surface area contributed by atoms with Gasteiger partial charge in [0.25, 0.3) is 0 Å². The Hall–Kier alpha value is -1.56. The molecule has 3 N–H and O–H groups in total. The predicted molar refractivity (Wildman–Crippen MR) is 83.4 cm³/mol. The van der Waals surface area contributed by atoms with E-state index in [4.69, 9.17) is 10.5 Å². The van der Waals surface area contributed by atoms with Crippen molar-refractivity contribution in [3.63, 3.8) is 0 Å². The quantitative estimate of drug-likeness (QED) is 0.882. The Labute approximate surface area is 126 Å². The molecule has 1 aromatic heterocycles. The van der Waals surface area contributed by atoms with Gasteiger partial charge >= 0.3 is 0 Å². The molecule has 3 heterocycles. The number of anilines is 2. The van der Waals surface area contributed by atoms with E-state index >= 15 is 0 Å². The fourth-order valence-corrected chi connectivity index (χ4v) is 3.67. The van der Waals surface area contributed by atoms with Crippen LogP contribution in [0.15, 0.2) is 6.33 Å². The molecular formula is C15H25N5O. The summed E-state index contributed by atoms with van der Waals surface area (Å²) in [6.45, 7) is 2.48. The van der Waals surface area contributed by atoms with Crippen LogP contribution in [0.4, 0.5) is 11.5 Å². The third-order valence-electron chi connectivity index (χ3n) is 4.81. The number of fused-ring (bicyclic) bond motifs is 2. The molecule has 2 aliphatic rings. The van der Waals surface area contributed by atoms with E-state index in [-0.39, 0.29) is 0 Å². The van der Waals surface area contributed by atoms with Crippen LogP contribution >= 0.6 is 0 Å². The van der Waals surface area contributed by atoms with Crippen molar-refractivity contribution in [2.75, 3.05) is 24.7 Å². The number of aromatic nitrogens is 2. The standard InChI is InChI=1S/C15H25N5O/c1-3-21-15-13(16)14(17-9-18-15)19-10-7-11-5-4-6-12(8-10)20(11)2/h9-12H,3-8,16H2,1-2H3,(H,17,18,19). The molecule has 0 radical (unpaired) electrons. The summed E-state index contributed by atoms with van der Waals surface area (Å²) in [7, 11) is 2.26. The molecule has 0 amide bonds. The Morgan fingerprint density at radius 2 is 2.05 bits per heavy atom. The normalized spacial score (nSPS) is 29.1. The highest BCUT2D eigenvalue weighted by molar-refractivity contribution is 5.66. The van der Waals surface area contributed by atoms with Gasteiger partial charge in [0, 0.05) is 18.1 Å². The summed E-state index contributed by atoms with van der Waals surface area (Å²) < 4.78 is 5.43. The summed E-state index contributed by atoms with van der Waals surface area (Å²) in [6, 6.07) is 1.80. The van der Waals surface area contributed by atoms with Gasteiger partial charge in [0.1, 0.15) is 12.0 Å². The number of ether oxygens (including phenoxy) is 1. The number of hydrogen-bond donors (Lipinski definition) is 2. The summed E-state index contributed by atoms with van der Waals surface area (Å²) in [5, 5.41) is 3.51. The zero-order chi connectivity index (χ0) is 14.8. The summed E-state index contributed by atoms with van der Waals surface area (Å²) in [4.78, 5) is 10.9. The van der Waals surface area contributed by atoms with Crippen LogP contribution in [0.25, 0.3) is 0 Å². The minimum Gasteiger partial charge on any atom is -0.476 e. The molecule has 0 saturated carbocycles. The summed E-state index contributed by atoms with van der Waals surface area (Å²) in [5.41, 5.74) is 6.62. The van der Waals surface area contributed by atoms with Crippen molar-refractivity contribution in [1.29, 1.82) is 0 Å². The fraction of sp³-hybridized carbons (Fsp3) is 0.733. The van der Waals surface area contributed by atoms with Crippen molar-refractivity contribution >= 4 is 11.5 Å². The van der Waals surface area contributed by atoms with Gasteiger partial charge in [-0.05, 0) is 39.7 Å². The van der Waals surface area contributed by atoms with E-state index in [9.17, 15) is 0 Å². The molecule has 0 aromatic carbocycles. The highest BCUT2D eigenvalue weighted by atomic mass is 16.5. The van der Waals surface area contributed by atoms with Crippen molar-refractivity contribution < 1.29 is 4.74 Å². The summed E-state index contributed by atoms with van der Waals surface area (Å²) in [6.07, 6.45) is 7.78. The van der Waals surface area contributed by atoms with Crippen LogP contribution in [-0.2, 0) is 0 Å². The van der Waals surface area contributed by atoms with Gasteiger partial charge in [-0.1, -0.05) is 6.42 Å². The minimum absolute atomic E-state index is 0.433. The first-order valence-corrected chi connectivity index (χ1v) is 7.90. The molecule has 2 fully saturated rings. The van der Waals surface area contributed by atoms with Crippen LogP contribution in [0.1, 0.15) is 39.0 Å². The van der Waals surface area contributed by atoms with Crippen LogP contribution in [0, 0.1) is 0 Å².